The van der Waals surface area contributed by atoms with Crippen molar-refractivity contribution in [3.8, 4) is 10.7 Å². The molecule has 0 saturated carbocycles. The van der Waals surface area contributed by atoms with E-state index in [0.717, 1.165) is 40.4 Å². The summed E-state index contributed by atoms with van der Waals surface area (Å²) < 4.78 is 0. The molecule has 2 heterocycles. The minimum absolute atomic E-state index is 0.0895. The first kappa shape index (κ1) is 20.3. The Hall–Kier alpha value is -2.47. The monoisotopic (exact) mass is 396 g/mol. The first-order valence-electron chi connectivity index (χ1n) is 9.90. The number of carbonyl (C=O) groups excluding carboxylic acids is 1. The van der Waals surface area contributed by atoms with Crippen LogP contribution in [-0.2, 0) is 4.79 Å². The molecule has 5 nitrogen and oxygen atoms in total. The Balaban J connectivity index is 1.90. The van der Waals surface area contributed by atoms with Crippen LogP contribution in [0.4, 0.5) is 5.82 Å². The Labute approximate surface area is 170 Å². The molecule has 3 rings (SSSR count). The number of benzene rings is 1. The van der Waals surface area contributed by atoms with Gasteiger partial charge in [-0.2, -0.15) is 0 Å². The molecule has 0 aliphatic rings. The lowest BCUT2D eigenvalue weighted by atomic mass is 10.2. The van der Waals surface area contributed by atoms with E-state index < -0.39 is 0 Å². The molecule has 148 valence electrons. The first-order valence-corrected chi connectivity index (χ1v) is 10.8. The highest BCUT2D eigenvalue weighted by Crippen LogP contribution is 2.29. The van der Waals surface area contributed by atoms with E-state index in [1.807, 2.05) is 35.7 Å². The molecule has 1 aromatic carbocycles. The quantitative estimate of drug-likeness (QED) is 0.568. The van der Waals surface area contributed by atoms with Gasteiger partial charge in [-0.3, -0.25) is 4.79 Å². The van der Waals surface area contributed by atoms with Crippen molar-refractivity contribution < 1.29 is 4.79 Å². The van der Waals surface area contributed by atoms with Crippen molar-refractivity contribution in [2.24, 2.45) is 5.92 Å². The molecule has 6 heteroatoms. The van der Waals surface area contributed by atoms with Gasteiger partial charge in [-0.15, -0.1) is 11.3 Å². The molecule has 0 unspecified atom stereocenters. The summed E-state index contributed by atoms with van der Waals surface area (Å²) in [6.07, 6.45) is 1.44. The number of thiophene rings is 1. The summed E-state index contributed by atoms with van der Waals surface area (Å²) in [6.45, 7) is 8.55. The number of nitrogens with one attached hydrogen (secondary N) is 1. The summed E-state index contributed by atoms with van der Waals surface area (Å²) in [4.78, 5) is 25.2. The molecule has 0 spiro atoms. The minimum atomic E-state index is 0.0895. The van der Waals surface area contributed by atoms with E-state index in [9.17, 15) is 4.79 Å². The van der Waals surface area contributed by atoms with E-state index >= 15 is 0 Å². The van der Waals surface area contributed by atoms with E-state index in [0.29, 0.717) is 25.4 Å². The van der Waals surface area contributed by atoms with Gasteiger partial charge in [-0.1, -0.05) is 39.0 Å². The number of hydrogen-bond acceptors (Lipinski definition) is 5. The zero-order valence-corrected chi connectivity index (χ0v) is 17.6. The number of nitrogens with zero attached hydrogens (tertiary/aromatic N) is 3. The van der Waals surface area contributed by atoms with Crippen LogP contribution >= 0.6 is 11.3 Å². The fourth-order valence-electron chi connectivity index (χ4n) is 3.05. The smallest absolute Gasteiger partial charge is 0.221 e. The lowest BCUT2D eigenvalue weighted by molar-refractivity contribution is -0.121. The van der Waals surface area contributed by atoms with Gasteiger partial charge >= 0.3 is 0 Å². The van der Waals surface area contributed by atoms with Gasteiger partial charge in [0.25, 0.3) is 0 Å². The van der Waals surface area contributed by atoms with Gasteiger partial charge in [0.05, 0.1) is 10.4 Å². The van der Waals surface area contributed by atoms with Gasteiger partial charge in [0.1, 0.15) is 5.82 Å². The van der Waals surface area contributed by atoms with Gasteiger partial charge in [0, 0.05) is 31.4 Å². The normalized spacial score (nSPS) is 11.1. The van der Waals surface area contributed by atoms with Crippen LogP contribution in [0.25, 0.3) is 21.6 Å². The van der Waals surface area contributed by atoms with Crippen molar-refractivity contribution in [2.75, 3.05) is 24.5 Å². The van der Waals surface area contributed by atoms with Gasteiger partial charge in [0.2, 0.25) is 5.91 Å². The third kappa shape index (κ3) is 5.07. The van der Waals surface area contributed by atoms with E-state index in [1.54, 1.807) is 11.3 Å². The molecule has 2 aromatic heterocycles. The lowest BCUT2D eigenvalue weighted by Crippen LogP contribution is -2.33. The maximum Gasteiger partial charge on any atom is 0.221 e. The van der Waals surface area contributed by atoms with Crippen LogP contribution < -0.4 is 10.2 Å². The zero-order valence-electron chi connectivity index (χ0n) is 16.8. The average molecular weight is 397 g/mol. The number of rotatable bonds is 9. The molecule has 1 N–H and O–H groups in total. The highest BCUT2D eigenvalue weighted by Gasteiger charge is 2.16. The number of aromatic nitrogens is 2. The van der Waals surface area contributed by atoms with Crippen molar-refractivity contribution in [1.29, 1.82) is 0 Å². The van der Waals surface area contributed by atoms with E-state index in [1.165, 1.54) is 0 Å². The largest absolute Gasteiger partial charge is 0.356 e. The number of para-hydroxylation sites is 1. The van der Waals surface area contributed by atoms with Crippen molar-refractivity contribution in [1.82, 2.24) is 15.3 Å². The second-order valence-electron chi connectivity index (χ2n) is 7.30. The molecule has 0 atom stereocenters. The second-order valence-corrected chi connectivity index (χ2v) is 8.25. The molecule has 0 aliphatic carbocycles. The number of anilines is 1. The molecule has 1 amide bonds. The van der Waals surface area contributed by atoms with Gasteiger partial charge in [-0.25, -0.2) is 9.97 Å². The standard InChI is InChI=1S/C22H28N4OS/c1-4-12-26(13-11-20(27)23-15-16(2)3)22-17-8-5-6-9-18(17)24-21(25-22)19-10-7-14-28-19/h5-10,14,16H,4,11-13,15H2,1-3H3,(H,23,27). The molecule has 0 saturated heterocycles. The predicted octanol–water partition coefficient (Wildman–Crippen LogP) is 4.74. The topological polar surface area (TPSA) is 58.1 Å². The predicted molar refractivity (Wildman–Crippen MR) is 118 cm³/mol. The first-order chi connectivity index (χ1) is 13.6. The number of fused-ring (bicyclic) bond motifs is 1. The van der Waals surface area contributed by atoms with Crippen molar-refractivity contribution in [3.05, 3.63) is 41.8 Å². The van der Waals surface area contributed by atoms with Crippen LogP contribution in [0.2, 0.25) is 0 Å². The lowest BCUT2D eigenvalue weighted by Gasteiger charge is -2.25. The van der Waals surface area contributed by atoms with Crippen molar-refractivity contribution in [2.45, 2.75) is 33.6 Å². The highest BCUT2D eigenvalue weighted by molar-refractivity contribution is 7.13. The SMILES string of the molecule is CCCN(CCC(=O)NCC(C)C)c1nc(-c2cccs2)nc2ccccc12. The summed E-state index contributed by atoms with van der Waals surface area (Å²) >= 11 is 1.64. The molecule has 0 fully saturated rings. The van der Waals surface area contributed by atoms with Gasteiger partial charge in [-0.05, 0) is 35.9 Å². The molecule has 28 heavy (non-hydrogen) atoms. The minimum Gasteiger partial charge on any atom is -0.356 e. The van der Waals surface area contributed by atoms with Crippen LogP contribution in [0.5, 0.6) is 0 Å². The molecule has 0 bridgehead atoms. The van der Waals surface area contributed by atoms with Crippen LogP contribution in [0, 0.1) is 5.92 Å². The maximum atomic E-state index is 12.2. The fourth-order valence-corrected chi connectivity index (χ4v) is 3.71. The Morgan fingerprint density at radius 1 is 1.14 bits per heavy atom. The summed E-state index contributed by atoms with van der Waals surface area (Å²) in [5.41, 5.74) is 0.932. The Morgan fingerprint density at radius 3 is 2.68 bits per heavy atom. The van der Waals surface area contributed by atoms with Crippen LogP contribution in [0.3, 0.4) is 0 Å². The third-order valence-corrected chi connectivity index (χ3v) is 5.30. The Bertz CT molecular complexity index is 908. The number of hydrogen-bond donors (Lipinski definition) is 1. The molecule has 0 aliphatic heterocycles. The summed E-state index contributed by atoms with van der Waals surface area (Å²) in [5, 5.41) is 6.07. The second kappa shape index (κ2) is 9.64. The molecule has 0 radical (unpaired) electrons. The maximum absolute atomic E-state index is 12.2. The molecular weight excluding hydrogens is 368 g/mol. The average Bonchev–Trinajstić information content (AvgIpc) is 3.23. The highest BCUT2D eigenvalue weighted by atomic mass is 32.1. The van der Waals surface area contributed by atoms with Crippen molar-refractivity contribution in [3.63, 3.8) is 0 Å². The van der Waals surface area contributed by atoms with E-state index in [4.69, 9.17) is 9.97 Å². The Morgan fingerprint density at radius 2 is 1.96 bits per heavy atom. The fraction of sp³-hybridized carbons (Fsp3) is 0.409. The summed E-state index contributed by atoms with van der Waals surface area (Å²) in [5.74, 6) is 2.20. The van der Waals surface area contributed by atoms with Crippen LogP contribution in [0.1, 0.15) is 33.6 Å². The van der Waals surface area contributed by atoms with Crippen LogP contribution in [-0.4, -0.2) is 35.5 Å². The third-order valence-electron chi connectivity index (χ3n) is 4.43. The Kier molecular flexibility index (Phi) is 6.98. The summed E-state index contributed by atoms with van der Waals surface area (Å²) in [6, 6.07) is 12.2. The molecule has 3 aromatic rings. The zero-order chi connectivity index (χ0) is 19.9. The van der Waals surface area contributed by atoms with Gasteiger partial charge < -0.3 is 10.2 Å². The van der Waals surface area contributed by atoms with Crippen molar-refractivity contribution >= 4 is 34.0 Å². The van der Waals surface area contributed by atoms with Gasteiger partial charge in [0.15, 0.2) is 5.82 Å². The number of carbonyl (C=O) groups is 1. The van der Waals surface area contributed by atoms with Crippen LogP contribution in [0.15, 0.2) is 41.8 Å². The van der Waals surface area contributed by atoms with E-state index in [2.05, 4.69) is 37.1 Å². The number of amides is 1. The molecular formula is C22H28N4OS. The van der Waals surface area contributed by atoms with E-state index in [-0.39, 0.29) is 5.91 Å². The summed E-state index contributed by atoms with van der Waals surface area (Å²) in [7, 11) is 0.